The fraction of sp³-hybridized carbons (Fsp3) is 0.417. The van der Waals surface area contributed by atoms with Crippen molar-refractivity contribution >= 4 is 17.8 Å². The van der Waals surface area contributed by atoms with E-state index >= 15 is 0 Å². The summed E-state index contributed by atoms with van der Waals surface area (Å²) in [5.41, 5.74) is 2.34. The molecular formula is C24H28N6O2. The maximum absolute atomic E-state index is 12.8. The van der Waals surface area contributed by atoms with Crippen LogP contribution in [0.15, 0.2) is 59.9 Å². The SMILES string of the molecule is CN=C(NCCN1C(=O)C2C3C=CC(C3)C2C1=O)NCc1ccccc1Cn1cccn1. The Bertz CT molecular complexity index is 1030. The molecule has 0 spiro atoms. The Morgan fingerprint density at radius 3 is 2.44 bits per heavy atom. The lowest BCUT2D eigenvalue weighted by atomic mass is 9.85. The van der Waals surface area contributed by atoms with Gasteiger partial charge in [0.2, 0.25) is 11.8 Å². The second-order valence-corrected chi connectivity index (χ2v) is 8.65. The van der Waals surface area contributed by atoms with Crippen LogP contribution in [0.1, 0.15) is 17.5 Å². The molecule has 2 heterocycles. The lowest BCUT2D eigenvalue weighted by Crippen LogP contribution is -2.43. The Hall–Kier alpha value is -3.42. The molecule has 4 unspecified atom stereocenters. The van der Waals surface area contributed by atoms with E-state index in [0.717, 1.165) is 12.0 Å². The highest BCUT2D eigenvalue weighted by atomic mass is 16.2. The largest absolute Gasteiger partial charge is 0.355 e. The number of benzene rings is 1. The number of hydrogen-bond acceptors (Lipinski definition) is 4. The van der Waals surface area contributed by atoms with Gasteiger partial charge in [0, 0.05) is 39.1 Å². The van der Waals surface area contributed by atoms with Gasteiger partial charge in [0.05, 0.1) is 18.4 Å². The number of aromatic nitrogens is 2. The van der Waals surface area contributed by atoms with E-state index in [1.807, 2.05) is 29.1 Å². The standard InChI is InChI=1S/C24H28N6O2/c1-25-24(27-14-18-5-2-3-6-19(18)15-29-11-4-9-28-29)26-10-12-30-22(31)20-16-7-8-17(13-16)21(20)23(30)32/h2-9,11,16-17,20-21H,10,12-15H2,1H3,(H2,25,26,27). The van der Waals surface area contributed by atoms with E-state index in [9.17, 15) is 9.59 Å². The van der Waals surface area contributed by atoms with Gasteiger partial charge in [0.1, 0.15) is 0 Å². The molecule has 8 heteroatoms. The topological polar surface area (TPSA) is 91.6 Å². The molecule has 2 aromatic rings. The zero-order valence-electron chi connectivity index (χ0n) is 18.1. The Morgan fingerprint density at radius 1 is 1.06 bits per heavy atom. The molecule has 32 heavy (non-hydrogen) atoms. The highest BCUT2D eigenvalue weighted by Gasteiger charge is 2.58. The summed E-state index contributed by atoms with van der Waals surface area (Å²) < 4.78 is 1.90. The highest BCUT2D eigenvalue weighted by Crippen LogP contribution is 2.52. The van der Waals surface area contributed by atoms with E-state index in [2.05, 4.69) is 45.0 Å². The molecule has 166 valence electrons. The molecule has 3 aliphatic rings. The Balaban J connectivity index is 1.13. The third-order valence-electron chi connectivity index (χ3n) is 6.87. The molecule has 2 N–H and O–H groups in total. The monoisotopic (exact) mass is 432 g/mol. The molecule has 4 atom stereocenters. The number of rotatable bonds is 7. The van der Waals surface area contributed by atoms with Crippen molar-refractivity contribution in [2.24, 2.45) is 28.7 Å². The number of carbonyl (C=O) groups is 2. The number of nitrogens with zero attached hydrogens (tertiary/aromatic N) is 4. The molecule has 1 saturated heterocycles. The van der Waals surface area contributed by atoms with E-state index in [1.165, 1.54) is 10.5 Å². The summed E-state index contributed by atoms with van der Waals surface area (Å²) in [4.78, 5) is 31.3. The van der Waals surface area contributed by atoms with Gasteiger partial charge in [-0.15, -0.1) is 0 Å². The molecule has 1 aromatic heterocycles. The minimum absolute atomic E-state index is 0.00542. The minimum atomic E-state index is -0.138. The van der Waals surface area contributed by atoms with Crippen molar-refractivity contribution in [1.29, 1.82) is 0 Å². The van der Waals surface area contributed by atoms with E-state index in [1.54, 1.807) is 13.2 Å². The van der Waals surface area contributed by atoms with Gasteiger partial charge in [-0.25, -0.2) is 0 Å². The predicted octanol–water partition coefficient (Wildman–Crippen LogP) is 1.40. The zero-order chi connectivity index (χ0) is 22.1. The number of guanidine groups is 1. The van der Waals surface area contributed by atoms with Crippen LogP contribution in [-0.2, 0) is 22.7 Å². The van der Waals surface area contributed by atoms with Crippen LogP contribution in [0.2, 0.25) is 0 Å². The molecular weight excluding hydrogens is 404 g/mol. The number of imide groups is 1. The third kappa shape index (κ3) is 3.70. The van der Waals surface area contributed by atoms with Crippen LogP contribution in [0.3, 0.4) is 0 Å². The molecule has 2 bridgehead atoms. The number of allylic oxidation sites excluding steroid dienone is 2. The molecule has 2 aliphatic carbocycles. The van der Waals surface area contributed by atoms with Crippen molar-refractivity contribution in [3.05, 3.63) is 66.0 Å². The first kappa shape index (κ1) is 20.5. The lowest BCUT2D eigenvalue weighted by Gasteiger charge is -2.19. The number of carbonyl (C=O) groups excluding carboxylic acids is 2. The fourth-order valence-corrected chi connectivity index (χ4v) is 5.32. The van der Waals surface area contributed by atoms with Gasteiger partial charge in [-0.2, -0.15) is 5.10 Å². The van der Waals surface area contributed by atoms with Gasteiger partial charge < -0.3 is 10.6 Å². The lowest BCUT2D eigenvalue weighted by molar-refractivity contribution is -0.140. The number of aliphatic imine (C=N–C) groups is 1. The average molecular weight is 433 g/mol. The van der Waals surface area contributed by atoms with E-state index in [-0.39, 0.29) is 35.5 Å². The summed E-state index contributed by atoms with van der Waals surface area (Å²) >= 11 is 0. The highest BCUT2D eigenvalue weighted by molar-refractivity contribution is 6.06. The summed E-state index contributed by atoms with van der Waals surface area (Å²) in [7, 11) is 1.71. The smallest absolute Gasteiger partial charge is 0.233 e. The quantitative estimate of drug-likeness (QED) is 0.299. The molecule has 2 amide bonds. The first-order valence-electron chi connectivity index (χ1n) is 11.2. The molecule has 8 nitrogen and oxygen atoms in total. The summed E-state index contributed by atoms with van der Waals surface area (Å²) in [5.74, 6) is 0.844. The van der Waals surface area contributed by atoms with Crippen LogP contribution in [0.5, 0.6) is 0 Å². The van der Waals surface area contributed by atoms with Crippen LogP contribution in [-0.4, -0.2) is 52.6 Å². The normalized spacial score (nSPS) is 26.2. The number of fused-ring (bicyclic) bond motifs is 5. The maximum atomic E-state index is 12.8. The molecule has 1 saturated carbocycles. The zero-order valence-corrected chi connectivity index (χ0v) is 18.1. The van der Waals surface area contributed by atoms with Crippen molar-refractivity contribution in [1.82, 2.24) is 25.3 Å². The van der Waals surface area contributed by atoms with Gasteiger partial charge in [0.25, 0.3) is 0 Å². The Labute approximate surface area is 187 Å². The van der Waals surface area contributed by atoms with Gasteiger partial charge in [0.15, 0.2) is 5.96 Å². The second kappa shape index (κ2) is 8.61. The van der Waals surface area contributed by atoms with Crippen molar-refractivity contribution < 1.29 is 9.59 Å². The van der Waals surface area contributed by atoms with Gasteiger partial charge >= 0.3 is 0 Å². The number of likely N-dealkylation sites (tertiary alicyclic amines) is 1. The number of hydrogen-bond donors (Lipinski definition) is 2. The molecule has 0 radical (unpaired) electrons. The van der Waals surface area contributed by atoms with Crippen LogP contribution in [0.25, 0.3) is 0 Å². The van der Waals surface area contributed by atoms with Crippen LogP contribution < -0.4 is 10.6 Å². The maximum Gasteiger partial charge on any atom is 0.233 e. The van der Waals surface area contributed by atoms with Gasteiger partial charge in [-0.1, -0.05) is 36.4 Å². The van der Waals surface area contributed by atoms with E-state index in [0.29, 0.717) is 32.1 Å². The van der Waals surface area contributed by atoms with Crippen molar-refractivity contribution in [3.8, 4) is 0 Å². The van der Waals surface area contributed by atoms with Gasteiger partial charge in [-0.05, 0) is 35.4 Å². The third-order valence-corrected chi connectivity index (χ3v) is 6.87. The summed E-state index contributed by atoms with van der Waals surface area (Å²) in [5, 5.41) is 10.8. The van der Waals surface area contributed by atoms with Crippen LogP contribution >= 0.6 is 0 Å². The van der Waals surface area contributed by atoms with Crippen molar-refractivity contribution in [2.45, 2.75) is 19.5 Å². The Morgan fingerprint density at radius 2 is 1.78 bits per heavy atom. The molecule has 5 rings (SSSR count). The molecule has 1 aliphatic heterocycles. The van der Waals surface area contributed by atoms with Crippen LogP contribution in [0, 0.1) is 23.7 Å². The summed E-state index contributed by atoms with van der Waals surface area (Å²) in [6, 6.07) is 10.1. The van der Waals surface area contributed by atoms with E-state index < -0.39 is 0 Å². The molecule has 1 aromatic carbocycles. The number of nitrogens with one attached hydrogen (secondary N) is 2. The minimum Gasteiger partial charge on any atom is -0.355 e. The average Bonchev–Trinajstić information content (AvgIpc) is 3.59. The van der Waals surface area contributed by atoms with Crippen molar-refractivity contribution in [3.63, 3.8) is 0 Å². The van der Waals surface area contributed by atoms with Crippen LogP contribution in [0.4, 0.5) is 0 Å². The first-order chi connectivity index (χ1) is 15.7. The number of amides is 2. The van der Waals surface area contributed by atoms with E-state index in [4.69, 9.17) is 0 Å². The summed E-state index contributed by atoms with van der Waals surface area (Å²) in [6.45, 7) is 2.14. The van der Waals surface area contributed by atoms with Crippen molar-refractivity contribution in [2.75, 3.05) is 20.1 Å². The van der Waals surface area contributed by atoms with Gasteiger partial charge in [-0.3, -0.25) is 24.2 Å². The Kier molecular flexibility index (Phi) is 5.51. The molecule has 2 fully saturated rings. The fourth-order valence-electron chi connectivity index (χ4n) is 5.32. The first-order valence-corrected chi connectivity index (χ1v) is 11.2. The predicted molar refractivity (Wildman–Crippen MR) is 120 cm³/mol. The second-order valence-electron chi connectivity index (χ2n) is 8.65. The summed E-state index contributed by atoms with van der Waals surface area (Å²) in [6.07, 6.45) is 8.92.